The minimum atomic E-state index is -5.11. The number of phosphoric ester groups is 1. The van der Waals surface area contributed by atoms with Gasteiger partial charge in [-0.25, -0.2) is 4.57 Å². The Morgan fingerprint density at radius 1 is 0.443 bits per heavy atom. The summed E-state index contributed by atoms with van der Waals surface area (Å²) in [5.41, 5.74) is 0. The molecule has 1 aliphatic rings. The van der Waals surface area contributed by atoms with Gasteiger partial charge in [0, 0.05) is 12.8 Å². The lowest BCUT2D eigenvalue weighted by molar-refractivity contribution is -0.220. The molecule has 0 aromatic heterocycles. The Kier molecular flexibility index (Phi) is 36.2. The highest BCUT2D eigenvalue weighted by molar-refractivity contribution is 7.47. The van der Waals surface area contributed by atoms with Gasteiger partial charge in [0.2, 0.25) is 0 Å². The molecule has 1 rings (SSSR count). The number of unbranched alkanes of at least 4 members (excludes halogenated alkanes) is 30. The summed E-state index contributed by atoms with van der Waals surface area (Å²) in [5.74, 6) is -1.08. The van der Waals surface area contributed by atoms with E-state index in [-0.39, 0.29) is 12.8 Å². The summed E-state index contributed by atoms with van der Waals surface area (Å²) >= 11 is 0. The molecule has 0 aromatic rings. The number of carbonyl (C=O) groups excluding carboxylic acids is 2. The van der Waals surface area contributed by atoms with E-state index in [9.17, 15) is 44.6 Å². The molecule has 1 fully saturated rings. The van der Waals surface area contributed by atoms with E-state index in [1.165, 1.54) is 154 Å². The molecule has 6 N–H and O–H groups in total. The maximum absolute atomic E-state index is 12.8. The number of carbonyl (C=O) groups is 2. The molecule has 0 aliphatic heterocycles. The fourth-order valence-corrected chi connectivity index (χ4v) is 8.91. The maximum atomic E-state index is 12.8. The fraction of sp³-hybridized carbons (Fsp3) is 0.957. The topological polar surface area (TPSA) is 210 Å². The molecule has 0 amide bonds. The monoisotopic (exact) mass is 895 g/mol. The van der Waals surface area contributed by atoms with Gasteiger partial charge in [0.1, 0.15) is 43.2 Å². The van der Waals surface area contributed by atoms with Crippen molar-refractivity contribution in [1.82, 2.24) is 0 Å². The lowest BCUT2D eigenvalue weighted by Crippen LogP contribution is -2.64. The number of aliphatic hydroxyl groups is 5. The summed E-state index contributed by atoms with van der Waals surface area (Å²) in [5, 5.41) is 50.2. The highest BCUT2D eigenvalue weighted by Crippen LogP contribution is 2.47. The van der Waals surface area contributed by atoms with E-state index < -0.39 is 75.7 Å². The number of hydrogen-bond donors (Lipinski definition) is 6. The van der Waals surface area contributed by atoms with Crippen LogP contribution in [0, 0.1) is 0 Å². The van der Waals surface area contributed by atoms with Crippen LogP contribution in [0.15, 0.2) is 0 Å². The van der Waals surface area contributed by atoms with Gasteiger partial charge in [0.25, 0.3) is 0 Å². The predicted molar refractivity (Wildman–Crippen MR) is 240 cm³/mol. The normalized spacial score (nSPS) is 21.9. The van der Waals surface area contributed by atoms with Crippen LogP contribution in [0.25, 0.3) is 0 Å². The molecule has 6 unspecified atom stereocenters. The Hall–Kier alpha value is -1.15. The first kappa shape index (κ1) is 57.9. The van der Waals surface area contributed by atoms with Crippen LogP contribution < -0.4 is 0 Å². The van der Waals surface area contributed by atoms with Crippen LogP contribution in [0.5, 0.6) is 0 Å². The number of rotatable bonds is 42. The Morgan fingerprint density at radius 3 is 1.08 bits per heavy atom. The van der Waals surface area contributed by atoms with Crippen LogP contribution in [0.1, 0.15) is 232 Å². The fourth-order valence-electron chi connectivity index (χ4n) is 7.94. The average molecular weight is 895 g/mol. The zero-order valence-corrected chi connectivity index (χ0v) is 39.4. The minimum absolute atomic E-state index is 0.105. The largest absolute Gasteiger partial charge is 0.472 e. The molecule has 0 saturated heterocycles. The molecular weight excluding hydrogens is 803 g/mol. The number of aliphatic hydroxyl groups excluding tert-OH is 5. The molecule has 0 aromatic carbocycles. The predicted octanol–water partition coefficient (Wildman–Crippen LogP) is 10.1. The van der Waals surface area contributed by atoms with Crippen LogP contribution in [0.2, 0.25) is 0 Å². The van der Waals surface area contributed by atoms with Crippen LogP contribution in [-0.2, 0) is 32.7 Å². The van der Waals surface area contributed by atoms with Gasteiger partial charge in [0.05, 0.1) is 6.61 Å². The van der Waals surface area contributed by atoms with Crippen molar-refractivity contribution in [3.8, 4) is 0 Å². The highest BCUT2D eigenvalue weighted by Gasteiger charge is 2.51. The second-order valence-electron chi connectivity index (χ2n) is 17.7. The summed E-state index contributed by atoms with van der Waals surface area (Å²) in [6, 6.07) is 0. The Bertz CT molecular complexity index is 1080. The minimum Gasteiger partial charge on any atom is -0.462 e. The number of hydrogen-bond acceptors (Lipinski definition) is 12. The third-order valence-electron chi connectivity index (χ3n) is 11.9. The third kappa shape index (κ3) is 30.6. The Morgan fingerprint density at radius 2 is 0.738 bits per heavy atom. The van der Waals surface area contributed by atoms with Gasteiger partial charge in [-0.1, -0.05) is 206 Å². The standard InChI is InChI=1S/C47H91O13P/c1-3-5-7-9-11-13-15-17-19-21-23-25-27-29-31-33-35-40(48)57-37-39(38-58-61(55,56)60-47-45(53)43(51)42(50)44(52)46(47)54)59-41(49)36-34-32-30-28-26-24-22-20-18-16-14-12-10-8-6-4-2/h39,42-47,50-54H,3-38H2,1-2H3,(H,55,56)/t39-,42?,43-,44?,45?,46?,47?/m1/s1. The molecule has 362 valence electrons. The van der Waals surface area contributed by atoms with Crippen molar-refractivity contribution >= 4 is 19.8 Å². The molecule has 13 nitrogen and oxygen atoms in total. The second-order valence-corrected chi connectivity index (χ2v) is 19.1. The first-order valence-corrected chi connectivity index (χ1v) is 26.3. The number of esters is 2. The molecule has 1 saturated carbocycles. The first-order chi connectivity index (χ1) is 29.4. The Labute approximate surface area is 370 Å². The van der Waals surface area contributed by atoms with Gasteiger partial charge < -0.3 is 39.9 Å². The maximum Gasteiger partial charge on any atom is 0.472 e. The summed E-state index contributed by atoms with van der Waals surface area (Å²) in [4.78, 5) is 35.8. The number of phosphoric acid groups is 1. The molecule has 0 bridgehead atoms. The van der Waals surface area contributed by atoms with Crippen molar-refractivity contribution < 1.29 is 63.1 Å². The van der Waals surface area contributed by atoms with Gasteiger partial charge in [-0.05, 0) is 12.8 Å². The molecule has 1 aliphatic carbocycles. The molecule has 14 heteroatoms. The van der Waals surface area contributed by atoms with Crippen LogP contribution >= 0.6 is 7.82 Å². The summed E-state index contributed by atoms with van der Waals surface area (Å²) in [7, 11) is -5.11. The average Bonchev–Trinajstić information content (AvgIpc) is 3.24. The lowest BCUT2D eigenvalue weighted by atomic mass is 9.85. The number of ether oxygens (including phenoxy) is 2. The zero-order valence-electron chi connectivity index (χ0n) is 38.5. The van der Waals surface area contributed by atoms with E-state index in [2.05, 4.69) is 13.8 Å². The molecule has 0 heterocycles. The van der Waals surface area contributed by atoms with Crippen molar-refractivity contribution in [2.24, 2.45) is 0 Å². The lowest BCUT2D eigenvalue weighted by Gasteiger charge is -2.41. The van der Waals surface area contributed by atoms with Crippen molar-refractivity contribution in [2.45, 2.75) is 275 Å². The van der Waals surface area contributed by atoms with E-state index >= 15 is 0 Å². The van der Waals surface area contributed by atoms with Crippen LogP contribution in [0.4, 0.5) is 0 Å². The van der Waals surface area contributed by atoms with Crippen molar-refractivity contribution in [1.29, 1.82) is 0 Å². The van der Waals surface area contributed by atoms with E-state index in [1.807, 2.05) is 0 Å². The van der Waals surface area contributed by atoms with Crippen LogP contribution in [0.3, 0.4) is 0 Å². The smallest absolute Gasteiger partial charge is 0.462 e. The zero-order chi connectivity index (χ0) is 45.0. The SMILES string of the molecule is CCCCCCCCCCCCCCCCCCC(=O)OC[C@H](COP(=O)(O)OC1C(O)C(O)C(O)[C@@H](O)C1O)OC(=O)CCCCCCCCCCCCCCCCCC. The molecule has 61 heavy (non-hydrogen) atoms. The summed E-state index contributed by atoms with van der Waals surface area (Å²) < 4.78 is 33.6. The van der Waals surface area contributed by atoms with E-state index in [0.29, 0.717) is 12.8 Å². The quantitative estimate of drug-likeness (QED) is 0.0192. The highest BCUT2D eigenvalue weighted by atomic mass is 31.2. The molecule has 8 atom stereocenters. The Balaban J connectivity index is 2.40. The summed E-state index contributed by atoms with van der Waals surface area (Å²) in [6.07, 6.45) is 25.8. The van der Waals surface area contributed by atoms with E-state index in [4.69, 9.17) is 18.5 Å². The molecule has 0 radical (unpaired) electrons. The van der Waals surface area contributed by atoms with E-state index in [1.54, 1.807) is 0 Å². The van der Waals surface area contributed by atoms with Gasteiger partial charge >= 0.3 is 19.8 Å². The molecular formula is C47H91O13P. The first-order valence-electron chi connectivity index (χ1n) is 24.8. The van der Waals surface area contributed by atoms with Crippen LogP contribution in [-0.4, -0.2) is 98.3 Å². The van der Waals surface area contributed by atoms with Crippen molar-refractivity contribution in [2.75, 3.05) is 13.2 Å². The molecule has 0 spiro atoms. The van der Waals surface area contributed by atoms with Gasteiger partial charge in [-0.15, -0.1) is 0 Å². The third-order valence-corrected chi connectivity index (χ3v) is 12.9. The van der Waals surface area contributed by atoms with Crippen molar-refractivity contribution in [3.05, 3.63) is 0 Å². The second kappa shape index (κ2) is 38.2. The van der Waals surface area contributed by atoms with Gasteiger partial charge in [-0.3, -0.25) is 18.6 Å². The van der Waals surface area contributed by atoms with Gasteiger partial charge in [0.15, 0.2) is 6.10 Å². The van der Waals surface area contributed by atoms with E-state index in [0.717, 1.165) is 38.5 Å². The van der Waals surface area contributed by atoms with Gasteiger partial charge in [-0.2, -0.15) is 0 Å². The summed E-state index contributed by atoms with van der Waals surface area (Å²) in [6.45, 7) is 3.34. The van der Waals surface area contributed by atoms with Crippen molar-refractivity contribution in [3.63, 3.8) is 0 Å².